The van der Waals surface area contributed by atoms with E-state index in [4.69, 9.17) is 5.11 Å². The van der Waals surface area contributed by atoms with Crippen molar-refractivity contribution in [3.05, 3.63) is 0 Å². The van der Waals surface area contributed by atoms with Gasteiger partial charge in [0, 0.05) is 6.42 Å². The summed E-state index contributed by atoms with van der Waals surface area (Å²) in [5, 5.41) is 8.37. The van der Waals surface area contributed by atoms with Crippen molar-refractivity contribution in [2.75, 3.05) is 0 Å². The molecule has 0 aromatic heterocycles. The third kappa shape index (κ3) is 5.39. The van der Waals surface area contributed by atoms with Crippen LogP contribution in [0.1, 0.15) is 40.0 Å². The van der Waals surface area contributed by atoms with E-state index in [0.717, 1.165) is 12.8 Å². The number of carboxylic acid groups (broad SMARTS) is 1. The summed E-state index contributed by atoms with van der Waals surface area (Å²) in [4.78, 5) is 21.1. The van der Waals surface area contributed by atoms with E-state index in [9.17, 15) is 9.59 Å². The van der Waals surface area contributed by atoms with E-state index in [1.165, 1.54) is 0 Å². The molecule has 1 N–H and O–H groups in total. The smallest absolute Gasteiger partial charge is 0.372 e. The lowest BCUT2D eigenvalue weighted by atomic mass is 9.92. The SMILES string of the molecule is CCC(C)CC(C)CC(=O)C(=O)O. The van der Waals surface area contributed by atoms with Gasteiger partial charge in [0.05, 0.1) is 0 Å². The van der Waals surface area contributed by atoms with Crippen molar-refractivity contribution >= 4 is 11.8 Å². The first-order valence-electron chi connectivity index (χ1n) is 4.73. The van der Waals surface area contributed by atoms with Crippen LogP contribution in [0, 0.1) is 11.8 Å². The first-order valence-corrected chi connectivity index (χ1v) is 4.73. The number of ketones is 1. The van der Waals surface area contributed by atoms with Gasteiger partial charge < -0.3 is 5.11 Å². The monoisotopic (exact) mass is 186 g/mol. The predicted octanol–water partition coefficient (Wildman–Crippen LogP) is 2.10. The van der Waals surface area contributed by atoms with E-state index < -0.39 is 11.8 Å². The van der Waals surface area contributed by atoms with Crippen molar-refractivity contribution < 1.29 is 14.7 Å². The number of aliphatic carboxylic acids is 1. The number of carbonyl (C=O) groups excluding carboxylic acids is 1. The summed E-state index contributed by atoms with van der Waals surface area (Å²) in [6.45, 7) is 6.13. The lowest BCUT2D eigenvalue weighted by Gasteiger charge is -2.13. The van der Waals surface area contributed by atoms with Gasteiger partial charge in [0.25, 0.3) is 0 Å². The van der Waals surface area contributed by atoms with Crippen LogP contribution < -0.4 is 0 Å². The number of hydrogen-bond donors (Lipinski definition) is 1. The van der Waals surface area contributed by atoms with Crippen LogP contribution in [-0.4, -0.2) is 16.9 Å². The van der Waals surface area contributed by atoms with Crippen LogP contribution in [0.3, 0.4) is 0 Å². The molecule has 0 bridgehead atoms. The zero-order valence-electron chi connectivity index (χ0n) is 8.54. The molecular weight excluding hydrogens is 168 g/mol. The topological polar surface area (TPSA) is 54.4 Å². The van der Waals surface area contributed by atoms with Crippen LogP contribution in [0.15, 0.2) is 0 Å². The van der Waals surface area contributed by atoms with Gasteiger partial charge in [-0.25, -0.2) is 4.79 Å². The normalized spacial score (nSPS) is 15.0. The molecule has 76 valence electrons. The van der Waals surface area contributed by atoms with Crippen molar-refractivity contribution in [3.8, 4) is 0 Å². The first-order chi connectivity index (χ1) is 5.97. The van der Waals surface area contributed by atoms with Crippen molar-refractivity contribution in [3.63, 3.8) is 0 Å². The summed E-state index contributed by atoms with van der Waals surface area (Å²) in [5.41, 5.74) is 0. The fourth-order valence-corrected chi connectivity index (χ4v) is 1.34. The van der Waals surface area contributed by atoms with E-state index in [1.807, 2.05) is 6.92 Å². The highest BCUT2D eigenvalue weighted by atomic mass is 16.4. The van der Waals surface area contributed by atoms with Gasteiger partial charge in [0.1, 0.15) is 0 Å². The van der Waals surface area contributed by atoms with Crippen LogP contribution in [0.25, 0.3) is 0 Å². The fraction of sp³-hybridized carbons (Fsp3) is 0.800. The molecule has 0 aliphatic rings. The quantitative estimate of drug-likeness (QED) is 0.646. The minimum atomic E-state index is -1.31. The second-order valence-electron chi connectivity index (χ2n) is 3.79. The van der Waals surface area contributed by atoms with Crippen LogP contribution in [-0.2, 0) is 9.59 Å². The predicted molar refractivity (Wildman–Crippen MR) is 50.5 cm³/mol. The molecule has 0 radical (unpaired) electrons. The Morgan fingerprint density at radius 2 is 1.77 bits per heavy atom. The number of Topliss-reactive ketones (excluding diaryl/α,β-unsaturated/α-hetero) is 1. The van der Waals surface area contributed by atoms with Crippen LogP contribution in [0.5, 0.6) is 0 Å². The third-order valence-electron chi connectivity index (χ3n) is 2.27. The molecule has 3 heteroatoms. The molecule has 13 heavy (non-hydrogen) atoms. The second-order valence-corrected chi connectivity index (χ2v) is 3.79. The Morgan fingerprint density at radius 1 is 1.23 bits per heavy atom. The third-order valence-corrected chi connectivity index (χ3v) is 2.27. The molecule has 0 spiro atoms. The molecule has 0 aliphatic heterocycles. The summed E-state index contributed by atoms with van der Waals surface area (Å²) in [6.07, 6.45) is 2.17. The van der Waals surface area contributed by atoms with Crippen molar-refractivity contribution in [1.82, 2.24) is 0 Å². The Hall–Kier alpha value is -0.860. The van der Waals surface area contributed by atoms with Crippen molar-refractivity contribution in [1.29, 1.82) is 0 Å². The maximum Gasteiger partial charge on any atom is 0.372 e. The first kappa shape index (κ1) is 12.1. The second kappa shape index (κ2) is 5.73. The van der Waals surface area contributed by atoms with E-state index in [0.29, 0.717) is 5.92 Å². The highest BCUT2D eigenvalue weighted by Gasteiger charge is 2.16. The Kier molecular flexibility index (Phi) is 5.35. The van der Waals surface area contributed by atoms with Gasteiger partial charge >= 0.3 is 5.97 Å². The molecule has 0 aliphatic carbocycles. The van der Waals surface area contributed by atoms with Gasteiger partial charge in [-0.15, -0.1) is 0 Å². The number of hydrogen-bond acceptors (Lipinski definition) is 2. The van der Waals surface area contributed by atoms with Crippen LogP contribution in [0.4, 0.5) is 0 Å². The molecule has 0 amide bonds. The molecule has 0 aromatic rings. The summed E-state index contributed by atoms with van der Waals surface area (Å²) >= 11 is 0. The minimum Gasteiger partial charge on any atom is -0.476 e. The fourth-order valence-electron chi connectivity index (χ4n) is 1.34. The van der Waals surface area contributed by atoms with Gasteiger partial charge in [-0.05, 0) is 18.3 Å². The molecule has 0 saturated carbocycles. The van der Waals surface area contributed by atoms with E-state index >= 15 is 0 Å². The van der Waals surface area contributed by atoms with Gasteiger partial charge in [-0.2, -0.15) is 0 Å². The Balaban J connectivity index is 3.80. The van der Waals surface area contributed by atoms with Gasteiger partial charge in [-0.1, -0.05) is 27.2 Å². The van der Waals surface area contributed by atoms with E-state index in [2.05, 4.69) is 13.8 Å². The molecule has 0 heterocycles. The van der Waals surface area contributed by atoms with Gasteiger partial charge in [0.2, 0.25) is 5.78 Å². The van der Waals surface area contributed by atoms with Crippen molar-refractivity contribution in [2.45, 2.75) is 40.0 Å². The maximum atomic E-state index is 10.8. The van der Waals surface area contributed by atoms with Gasteiger partial charge in [-0.3, -0.25) is 4.79 Å². The van der Waals surface area contributed by atoms with E-state index in [-0.39, 0.29) is 12.3 Å². The standard InChI is InChI=1S/C10H18O3/c1-4-7(2)5-8(3)6-9(11)10(12)13/h7-8H,4-6H2,1-3H3,(H,12,13). The average Bonchev–Trinajstić information content (AvgIpc) is 2.03. The van der Waals surface area contributed by atoms with Gasteiger partial charge in [0.15, 0.2) is 0 Å². The zero-order valence-corrected chi connectivity index (χ0v) is 8.54. The molecule has 2 atom stereocenters. The molecular formula is C10H18O3. The summed E-state index contributed by atoms with van der Waals surface area (Å²) in [6, 6.07) is 0. The molecule has 0 rings (SSSR count). The average molecular weight is 186 g/mol. The lowest BCUT2D eigenvalue weighted by Crippen LogP contribution is -2.16. The minimum absolute atomic E-state index is 0.166. The van der Waals surface area contributed by atoms with Crippen molar-refractivity contribution in [2.24, 2.45) is 11.8 Å². The molecule has 0 fully saturated rings. The number of carbonyl (C=O) groups is 2. The molecule has 0 aromatic carbocycles. The molecule has 2 unspecified atom stereocenters. The highest BCUT2D eigenvalue weighted by molar-refractivity contribution is 6.32. The lowest BCUT2D eigenvalue weighted by molar-refractivity contribution is -0.149. The Morgan fingerprint density at radius 3 is 2.15 bits per heavy atom. The Labute approximate surface area is 79.1 Å². The summed E-state index contributed by atoms with van der Waals surface area (Å²) < 4.78 is 0. The summed E-state index contributed by atoms with van der Waals surface area (Å²) in [5.74, 6) is -1.23. The maximum absolute atomic E-state index is 10.8. The zero-order chi connectivity index (χ0) is 10.4. The number of rotatable bonds is 6. The molecule has 0 saturated heterocycles. The highest BCUT2D eigenvalue weighted by Crippen LogP contribution is 2.17. The Bertz CT molecular complexity index is 187. The number of carboxylic acids is 1. The summed E-state index contributed by atoms with van der Waals surface area (Å²) in [7, 11) is 0. The van der Waals surface area contributed by atoms with Crippen LogP contribution in [0.2, 0.25) is 0 Å². The van der Waals surface area contributed by atoms with Crippen LogP contribution >= 0.6 is 0 Å². The molecule has 3 nitrogen and oxygen atoms in total. The largest absolute Gasteiger partial charge is 0.476 e. The van der Waals surface area contributed by atoms with E-state index in [1.54, 1.807) is 0 Å².